The highest BCUT2D eigenvalue weighted by atomic mass is 32.2. The van der Waals surface area contributed by atoms with Gasteiger partial charge in [0.15, 0.2) is 0 Å². The number of amides is 1. The summed E-state index contributed by atoms with van der Waals surface area (Å²) in [6.45, 7) is 5.60. The number of carboxylic acid groups (broad SMARTS) is 1. The molecule has 1 saturated heterocycles. The van der Waals surface area contributed by atoms with Crippen molar-refractivity contribution in [3.8, 4) is 0 Å². The normalized spacial score (nSPS) is 18.6. The lowest BCUT2D eigenvalue weighted by atomic mass is 10.1. The van der Waals surface area contributed by atoms with Crippen LogP contribution in [0.2, 0.25) is 0 Å². The zero-order valence-corrected chi connectivity index (χ0v) is 14.8. The predicted molar refractivity (Wildman–Crippen MR) is 88.2 cm³/mol. The minimum Gasteiger partial charge on any atom is -0.480 e. The molecule has 7 nitrogen and oxygen atoms in total. The maximum absolute atomic E-state index is 12.4. The van der Waals surface area contributed by atoms with Gasteiger partial charge in [0, 0.05) is 17.6 Å². The molecular formula is C16H22N2O5S. The summed E-state index contributed by atoms with van der Waals surface area (Å²) in [6, 6.07) is 4.72. The molecule has 1 amide bonds. The highest BCUT2D eigenvalue weighted by molar-refractivity contribution is 7.89. The molecule has 0 aromatic heterocycles. The van der Waals surface area contributed by atoms with Gasteiger partial charge in [-0.05, 0) is 57.9 Å². The fraction of sp³-hybridized carbons (Fsp3) is 0.500. The summed E-state index contributed by atoms with van der Waals surface area (Å²) in [5.74, 6) is -1.41. The minimum absolute atomic E-state index is 0.0604. The van der Waals surface area contributed by atoms with Crippen LogP contribution in [0.4, 0.5) is 0 Å². The van der Waals surface area contributed by atoms with E-state index in [4.69, 9.17) is 5.11 Å². The Morgan fingerprint density at radius 3 is 2.29 bits per heavy atom. The number of likely N-dealkylation sites (tertiary alicyclic amines) is 1. The summed E-state index contributed by atoms with van der Waals surface area (Å²) >= 11 is 0. The number of nitrogens with one attached hydrogen (secondary N) is 1. The van der Waals surface area contributed by atoms with Crippen LogP contribution in [0.5, 0.6) is 0 Å². The van der Waals surface area contributed by atoms with E-state index in [9.17, 15) is 18.0 Å². The second-order valence-electron chi connectivity index (χ2n) is 6.87. The second-order valence-corrected chi connectivity index (χ2v) is 8.56. The van der Waals surface area contributed by atoms with E-state index in [0.29, 0.717) is 19.4 Å². The van der Waals surface area contributed by atoms with E-state index < -0.39 is 33.5 Å². The van der Waals surface area contributed by atoms with Crippen LogP contribution in [0.1, 0.15) is 44.0 Å². The summed E-state index contributed by atoms with van der Waals surface area (Å²) in [5, 5.41) is 9.16. The Hall–Kier alpha value is -1.93. The molecule has 0 spiro atoms. The monoisotopic (exact) mass is 354 g/mol. The number of carbonyl (C=O) groups is 2. The van der Waals surface area contributed by atoms with Gasteiger partial charge < -0.3 is 10.0 Å². The molecule has 132 valence electrons. The molecule has 0 saturated carbocycles. The molecule has 2 N–H and O–H groups in total. The van der Waals surface area contributed by atoms with Gasteiger partial charge in [-0.3, -0.25) is 4.79 Å². The van der Waals surface area contributed by atoms with Gasteiger partial charge in [-0.2, -0.15) is 0 Å². The maximum atomic E-state index is 12.4. The van der Waals surface area contributed by atoms with Crippen LogP contribution in [-0.2, 0) is 14.8 Å². The Morgan fingerprint density at radius 2 is 1.79 bits per heavy atom. The highest BCUT2D eigenvalue weighted by Crippen LogP contribution is 2.21. The van der Waals surface area contributed by atoms with Crippen molar-refractivity contribution in [3.05, 3.63) is 29.8 Å². The molecule has 2 rings (SSSR count). The Morgan fingerprint density at radius 1 is 1.21 bits per heavy atom. The summed E-state index contributed by atoms with van der Waals surface area (Å²) in [4.78, 5) is 25.0. The lowest BCUT2D eigenvalue weighted by molar-refractivity contribution is -0.141. The van der Waals surface area contributed by atoms with Crippen LogP contribution >= 0.6 is 0 Å². The molecule has 1 aromatic carbocycles. The van der Waals surface area contributed by atoms with Crippen molar-refractivity contribution in [3.63, 3.8) is 0 Å². The molecule has 1 aliphatic heterocycles. The van der Waals surface area contributed by atoms with Gasteiger partial charge in [0.1, 0.15) is 6.04 Å². The second kappa shape index (κ2) is 6.52. The topological polar surface area (TPSA) is 104 Å². The summed E-state index contributed by atoms with van der Waals surface area (Å²) < 4.78 is 27.0. The van der Waals surface area contributed by atoms with E-state index in [0.717, 1.165) is 0 Å². The van der Waals surface area contributed by atoms with Gasteiger partial charge in [-0.25, -0.2) is 17.9 Å². The maximum Gasteiger partial charge on any atom is 0.326 e. The van der Waals surface area contributed by atoms with E-state index >= 15 is 0 Å². The van der Waals surface area contributed by atoms with Crippen molar-refractivity contribution in [1.29, 1.82) is 0 Å². The third-order valence-electron chi connectivity index (χ3n) is 3.65. The molecule has 8 heteroatoms. The Balaban J connectivity index is 2.20. The van der Waals surface area contributed by atoms with E-state index in [1.165, 1.54) is 29.2 Å². The van der Waals surface area contributed by atoms with Crippen molar-refractivity contribution in [2.24, 2.45) is 0 Å². The lowest BCUT2D eigenvalue weighted by Crippen LogP contribution is -2.41. The first-order valence-corrected chi connectivity index (χ1v) is 9.17. The average Bonchev–Trinajstić information content (AvgIpc) is 2.93. The first-order chi connectivity index (χ1) is 11.0. The predicted octanol–water partition coefficient (Wildman–Crippen LogP) is 1.45. The van der Waals surface area contributed by atoms with E-state index in [1.54, 1.807) is 20.8 Å². The number of sulfonamides is 1. The van der Waals surface area contributed by atoms with Gasteiger partial charge in [0.25, 0.3) is 5.91 Å². The van der Waals surface area contributed by atoms with Crippen LogP contribution in [-0.4, -0.2) is 48.4 Å². The fourth-order valence-electron chi connectivity index (χ4n) is 2.67. The van der Waals surface area contributed by atoms with Crippen molar-refractivity contribution in [2.45, 2.75) is 50.1 Å². The first kappa shape index (κ1) is 18.4. The number of nitrogens with zero attached hydrogens (tertiary/aromatic N) is 1. The molecule has 0 radical (unpaired) electrons. The first-order valence-electron chi connectivity index (χ1n) is 7.69. The third-order valence-corrected chi connectivity index (χ3v) is 5.42. The van der Waals surface area contributed by atoms with Crippen LogP contribution in [0, 0.1) is 0 Å². The molecule has 24 heavy (non-hydrogen) atoms. The molecule has 0 aliphatic carbocycles. The van der Waals surface area contributed by atoms with Crippen LogP contribution in [0.25, 0.3) is 0 Å². The van der Waals surface area contributed by atoms with E-state index in [1.807, 2.05) is 0 Å². The Labute approximate surface area is 141 Å². The molecule has 1 aliphatic rings. The summed E-state index contributed by atoms with van der Waals surface area (Å²) in [6.07, 6.45) is 1.08. The fourth-order valence-corrected chi connectivity index (χ4v) is 4.09. The number of carboxylic acids is 1. The zero-order valence-electron chi connectivity index (χ0n) is 13.9. The van der Waals surface area contributed by atoms with Gasteiger partial charge in [0.05, 0.1) is 4.90 Å². The number of aliphatic carboxylic acids is 1. The van der Waals surface area contributed by atoms with Crippen LogP contribution in [0.3, 0.4) is 0 Å². The summed E-state index contributed by atoms with van der Waals surface area (Å²) in [5.41, 5.74) is -0.338. The van der Waals surface area contributed by atoms with E-state index in [2.05, 4.69) is 4.72 Å². The van der Waals surface area contributed by atoms with Gasteiger partial charge in [-0.1, -0.05) is 0 Å². The lowest BCUT2D eigenvalue weighted by Gasteiger charge is -2.22. The molecular weight excluding hydrogens is 332 g/mol. The van der Waals surface area contributed by atoms with Crippen LogP contribution < -0.4 is 4.72 Å². The molecule has 0 bridgehead atoms. The standard InChI is InChI=1S/C16H22N2O5S/c1-16(2,3)17-24(22,23)12-8-6-11(7-9-12)14(19)18-10-4-5-13(18)15(20)21/h6-9,13,17H,4-5,10H2,1-3H3,(H,20,21)/t13-/m1/s1. The van der Waals surface area contributed by atoms with Gasteiger partial charge >= 0.3 is 5.97 Å². The van der Waals surface area contributed by atoms with Crippen molar-refractivity contribution in [2.75, 3.05) is 6.54 Å². The zero-order chi connectivity index (χ0) is 18.1. The van der Waals surface area contributed by atoms with Crippen molar-refractivity contribution in [1.82, 2.24) is 9.62 Å². The third kappa shape index (κ3) is 4.12. The number of hydrogen-bond acceptors (Lipinski definition) is 4. The van der Waals surface area contributed by atoms with E-state index in [-0.39, 0.29) is 10.5 Å². The number of carbonyl (C=O) groups excluding carboxylic acids is 1. The number of benzene rings is 1. The molecule has 1 atom stereocenters. The molecule has 1 heterocycles. The molecule has 0 unspecified atom stereocenters. The highest BCUT2D eigenvalue weighted by Gasteiger charge is 2.34. The van der Waals surface area contributed by atoms with Crippen molar-refractivity contribution < 1.29 is 23.1 Å². The van der Waals surface area contributed by atoms with Gasteiger partial charge in [-0.15, -0.1) is 0 Å². The smallest absolute Gasteiger partial charge is 0.326 e. The SMILES string of the molecule is CC(C)(C)NS(=O)(=O)c1ccc(C(=O)N2CCC[C@@H]2C(=O)O)cc1. The van der Waals surface area contributed by atoms with Crippen LogP contribution in [0.15, 0.2) is 29.2 Å². The molecule has 1 aromatic rings. The Bertz CT molecular complexity index is 735. The number of rotatable bonds is 4. The summed E-state index contributed by atoms with van der Waals surface area (Å²) in [7, 11) is -3.67. The van der Waals surface area contributed by atoms with Gasteiger partial charge in [0.2, 0.25) is 10.0 Å². The minimum atomic E-state index is -3.67. The largest absolute Gasteiger partial charge is 0.480 e. The molecule has 1 fully saturated rings. The number of hydrogen-bond donors (Lipinski definition) is 2. The Kier molecular flexibility index (Phi) is 5.00. The van der Waals surface area contributed by atoms with Crippen molar-refractivity contribution >= 4 is 21.9 Å². The average molecular weight is 354 g/mol. The quantitative estimate of drug-likeness (QED) is 0.852.